The molecule has 2 aromatic carbocycles. The molecule has 2 heterocycles. The van der Waals surface area contributed by atoms with E-state index in [0.717, 1.165) is 43.6 Å². The molecule has 1 aromatic heterocycles. The van der Waals surface area contributed by atoms with Crippen molar-refractivity contribution in [2.24, 2.45) is 0 Å². The van der Waals surface area contributed by atoms with Gasteiger partial charge in [-0.25, -0.2) is 8.42 Å². The lowest BCUT2D eigenvalue weighted by Crippen LogP contribution is -2.20. The number of fused-ring (bicyclic) bond motifs is 1. The summed E-state index contributed by atoms with van der Waals surface area (Å²) in [6, 6.07) is 8.89. The van der Waals surface area contributed by atoms with Gasteiger partial charge in [-0.05, 0) is 43.2 Å². The summed E-state index contributed by atoms with van der Waals surface area (Å²) < 4.78 is 71.9. The molecule has 0 unspecified atom stereocenters. The molecule has 0 atom stereocenters. The third-order valence-corrected chi connectivity index (χ3v) is 6.68. The quantitative estimate of drug-likeness (QED) is 0.547. The minimum absolute atomic E-state index is 0.109. The number of alkyl halides is 3. The second-order valence-electron chi connectivity index (χ2n) is 7.20. The molecule has 1 aliphatic rings. The highest BCUT2D eigenvalue weighted by Crippen LogP contribution is 2.34. The van der Waals surface area contributed by atoms with Gasteiger partial charge in [-0.2, -0.15) is 0 Å². The van der Waals surface area contributed by atoms with Gasteiger partial charge < -0.3 is 9.30 Å². The van der Waals surface area contributed by atoms with Crippen molar-refractivity contribution in [2.45, 2.75) is 43.5 Å². The van der Waals surface area contributed by atoms with Gasteiger partial charge in [0.1, 0.15) is 16.5 Å². The molecule has 0 saturated heterocycles. The summed E-state index contributed by atoms with van der Waals surface area (Å²) in [6.45, 7) is 0.714. The van der Waals surface area contributed by atoms with Crippen LogP contribution in [0.2, 0.25) is 5.02 Å². The van der Waals surface area contributed by atoms with Crippen molar-refractivity contribution in [1.29, 1.82) is 0 Å². The van der Waals surface area contributed by atoms with Crippen LogP contribution < -0.4 is 9.46 Å². The second-order valence-corrected chi connectivity index (χ2v) is 9.25. The second kappa shape index (κ2) is 8.62. The van der Waals surface area contributed by atoms with Crippen LogP contribution in [-0.4, -0.2) is 29.5 Å². The number of halogens is 4. The number of ether oxygens (including phenoxy) is 1. The van der Waals surface area contributed by atoms with Crippen molar-refractivity contribution in [2.75, 3.05) is 4.72 Å². The number of anilines is 1. The molecular formula is C20H18ClF3N4O3S. The van der Waals surface area contributed by atoms with Gasteiger partial charge in [0.25, 0.3) is 10.0 Å². The number of para-hydroxylation sites is 1. The molecule has 1 aliphatic heterocycles. The standard InChI is InChI=1S/C20H18ClF3N4O3S/c21-15-10-9-13(12-14(15)19-26-25-18-8-2-1-5-11-28(18)19)27-32(29,30)17-7-4-3-6-16(17)31-20(22,23)24/h3-4,6-7,9-10,12,27H,1-2,5,8,11H2. The molecule has 0 aliphatic carbocycles. The van der Waals surface area contributed by atoms with Gasteiger partial charge in [0, 0.05) is 24.2 Å². The minimum atomic E-state index is -5.04. The zero-order chi connectivity index (χ0) is 22.9. The van der Waals surface area contributed by atoms with E-state index in [0.29, 0.717) is 23.0 Å². The van der Waals surface area contributed by atoms with Crippen molar-refractivity contribution in [3.8, 4) is 17.1 Å². The molecule has 0 amide bonds. The summed E-state index contributed by atoms with van der Waals surface area (Å²) in [4.78, 5) is -0.648. The van der Waals surface area contributed by atoms with Crippen molar-refractivity contribution in [1.82, 2.24) is 14.8 Å². The SMILES string of the molecule is O=S(=O)(Nc1ccc(Cl)c(-c2nnc3n2CCCCC3)c1)c1ccccc1OC(F)(F)F. The zero-order valence-electron chi connectivity index (χ0n) is 16.6. The van der Waals surface area contributed by atoms with E-state index < -0.39 is 27.0 Å². The van der Waals surface area contributed by atoms with E-state index in [9.17, 15) is 21.6 Å². The number of benzene rings is 2. The van der Waals surface area contributed by atoms with Gasteiger partial charge in [-0.15, -0.1) is 23.4 Å². The highest BCUT2D eigenvalue weighted by atomic mass is 35.5. The Kier molecular flexibility index (Phi) is 6.04. The molecule has 0 bridgehead atoms. The first-order valence-electron chi connectivity index (χ1n) is 9.74. The number of sulfonamides is 1. The fourth-order valence-corrected chi connectivity index (χ4v) is 4.92. The fourth-order valence-electron chi connectivity index (χ4n) is 3.54. The molecule has 3 aromatic rings. The maximum Gasteiger partial charge on any atom is 0.573 e. The molecular weight excluding hydrogens is 469 g/mol. The molecule has 7 nitrogen and oxygen atoms in total. The third kappa shape index (κ3) is 4.83. The predicted molar refractivity (Wildman–Crippen MR) is 112 cm³/mol. The molecule has 4 rings (SSSR count). The van der Waals surface area contributed by atoms with Crippen LogP contribution in [0.4, 0.5) is 18.9 Å². The molecule has 0 radical (unpaired) electrons. The minimum Gasteiger partial charge on any atom is -0.404 e. The van der Waals surface area contributed by atoms with Crippen LogP contribution in [-0.2, 0) is 23.0 Å². The summed E-state index contributed by atoms with van der Waals surface area (Å²) in [7, 11) is -4.40. The summed E-state index contributed by atoms with van der Waals surface area (Å²) in [5.41, 5.74) is 0.574. The molecule has 0 saturated carbocycles. The Bertz CT molecular complexity index is 1250. The molecule has 12 heteroatoms. The van der Waals surface area contributed by atoms with Crippen LogP contribution in [0, 0.1) is 0 Å². The molecule has 0 fully saturated rings. The van der Waals surface area contributed by atoms with Crippen LogP contribution in [0.3, 0.4) is 0 Å². The van der Waals surface area contributed by atoms with E-state index in [4.69, 9.17) is 11.6 Å². The Hall–Kier alpha value is -2.79. The van der Waals surface area contributed by atoms with Crippen LogP contribution in [0.25, 0.3) is 11.4 Å². The summed E-state index contributed by atoms with van der Waals surface area (Å²) in [6.07, 6.45) is -1.23. The Balaban J connectivity index is 1.68. The molecule has 1 N–H and O–H groups in total. The highest BCUT2D eigenvalue weighted by Gasteiger charge is 2.34. The molecule has 32 heavy (non-hydrogen) atoms. The first kappa shape index (κ1) is 22.4. The van der Waals surface area contributed by atoms with Gasteiger partial charge in [0.15, 0.2) is 5.82 Å². The number of aromatic nitrogens is 3. The summed E-state index contributed by atoms with van der Waals surface area (Å²) >= 11 is 6.35. The summed E-state index contributed by atoms with van der Waals surface area (Å²) in [5, 5.41) is 8.79. The predicted octanol–water partition coefficient (Wildman–Crippen LogP) is 5.02. The van der Waals surface area contributed by atoms with E-state index in [2.05, 4.69) is 19.7 Å². The number of nitrogens with one attached hydrogen (secondary N) is 1. The lowest BCUT2D eigenvalue weighted by molar-refractivity contribution is -0.275. The maximum absolute atomic E-state index is 12.8. The first-order chi connectivity index (χ1) is 15.1. The van der Waals surface area contributed by atoms with E-state index in [1.807, 2.05) is 4.57 Å². The Morgan fingerprint density at radius 3 is 2.62 bits per heavy atom. The number of rotatable bonds is 5. The Labute approximate surface area is 187 Å². The topological polar surface area (TPSA) is 86.1 Å². The maximum atomic E-state index is 12.8. The van der Waals surface area contributed by atoms with E-state index in [1.165, 1.54) is 30.3 Å². The number of aryl methyl sites for hydroxylation is 1. The normalized spacial score (nSPS) is 14.5. The molecule has 170 valence electrons. The average molecular weight is 487 g/mol. The van der Waals surface area contributed by atoms with Crippen molar-refractivity contribution < 1.29 is 26.3 Å². The monoisotopic (exact) mass is 486 g/mol. The van der Waals surface area contributed by atoms with Crippen LogP contribution in [0.15, 0.2) is 47.4 Å². The Morgan fingerprint density at radius 1 is 1.06 bits per heavy atom. The number of hydrogen-bond donors (Lipinski definition) is 1. The van der Waals surface area contributed by atoms with Gasteiger partial charge >= 0.3 is 6.36 Å². The average Bonchev–Trinajstić information content (AvgIpc) is 2.96. The van der Waals surface area contributed by atoms with Gasteiger partial charge in [0.05, 0.1) is 5.02 Å². The van der Waals surface area contributed by atoms with E-state index in [1.54, 1.807) is 0 Å². The van der Waals surface area contributed by atoms with Crippen LogP contribution >= 0.6 is 11.6 Å². The van der Waals surface area contributed by atoms with Crippen molar-refractivity contribution in [3.05, 3.63) is 53.3 Å². The van der Waals surface area contributed by atoms with Crippen LogP contribution in [0.1, 0.15) is 25.1 Å². The van der Waals surface area contributed by atoms with E-state index in [-0.39, 0.29) is 5.69 Å². The smallest absolute Gasteiger partial charge is 0.404 e. The zero-order valence-corrected chi connectivity index (χ0v) is 18.1. The first-order valence-corrected chi connectivity index (χ1v) is 11.6. The molecule has 0 spiro atoms. The Morgan fingerprint density at radius 2 is 1.84 bits per heavy atom. The van der Waals surface area contributed by atoms with E-state index >= 15 is 0 Å². The van der Waals surface area contributed by atoms with Crippen molar-refractivity contribution >= 4 is 27.3 Å². The lowest BCUT2D eigenvalue weighted by Gasteiger charge is -2.15. The van der Waals surface area contributed by atoms with Gasteiger partial charge in [0.2, 0.25) is 0 Å². The summed E-state index contributed by atoms with van der Waals surface area (Å²) in [5.74, 6) is 0.510. The number of nitrogens with zero attached hydrogens (tertiary/aromatic N) is 3. The van der Waals surface area contributed by atoms with Gasteiger partial charge in [-0.3, -0.25) is 4.72 Å². The van der Waals surface area contributed by atoms with Crippen molar-refractivity contribution in [3.63, 3.8) is 0 Å². The lowest BCUT2D eigenvalue weighted by atomic mass is 10.2. The van der Waals surface area contributed by atoms with Gasteiger partial charge in [-0.1, -0.05) is 30.2 Å². The van der Waals surface area contributed by atoms with Crippen LogP contribution in [0.5, 0.6) is 5.75 Å². The largest absolute Gasteiger partial charge is 0.573 e. The number of hydrogen-bond acceptors (Lipinski definition) is 5. The third-order valence-electron chi connectivity index (χ3n) is 4.93. The highest BCUT2D eigenvalue weighted by molar-refractivity contribution is 7.92. The fraction of sp³-hybridized carbons (Fsp3) is 0.300.